The Hall–Kier alpha value is -1.35. The molecule has 116 valence electrons. The zero-order valence-corrected chi connectivity index (χ0v) is 13.2. The highest BCUT2D eigenvalue weighted by Crippen LogP contribution is 2.25. The summed E-state index contributed by atoms with van der Waals surface area (Å²) in [6.45, 7) is 4.63. The van der Waals surface area contributed by atoms with E-state index in [0.29, 0.717) is 6.42 Å². The zero-order chi connectivity index (χ0) is 15.2. The first-order valence-corrected chi connectivity index (χ1v) is 8.13. The van der Waals surface area contributed by atoms with E-state index in [1.807, 2.05) is 49.1 Å². The van der Waals surface area contributed by atoms with Crippen LogP contribution < -0.4 is 0 Å². The molecule has 0 radical (unpaired) electrons. The molecular formula is C18H27NO2. The highest BCUT2D eigenvalue weighted by atomic mass is 16.3. The van der Waals surface area contributed by atoms with Gasteiger partial charge in [-0.25, -0.2) is 0 Å². The predicted molar refractivity (Wildman–Crippen MR) is 85.1 cm³/mol. The first-order chi connectivity index (χ1) is 10.1. The number of likely N-dealkylation sites (tertiary alicyclic amines) is 1. The summed E-state index contributed by atoms with van der Waals surface area (Å²) in [5, 5.41) is 9.71. The van der Waals surface area contributed by atoms with Gasteiger partial charge in [-0.05, 0) is 38.7 Å². The van der Waals surface area contributed by atoms with E-state index >= 15 is 0 Å². The van der Waals surface area contributed by atoms with E-state index in [-0.39, 0.29) is 24.0 Å². The van der Waals surface area contributed by atoms with Crippen molar-refractivity contribution in [1.82, 2.24) is 4.90 Å². The maximum absolute atomic E-state index is 12.9. The Morgan fingerprint density at radius 2 is 1.95 bits per heavy atom. The third-order valence-electron chi connectivity index (χ3n) is 4.44. The van der Waals surface area contributed by atoms with Gasteiger partial charge in [-0.15, -0.1) is 0 Å². The Balaban J connectivity index is 2.13. The minimum atomic E-state index is -0.351. The number of aliphatic hydroxyl groups is 1. The fourth-order valence-corrected chi connectivity index (χ4v) is 3.24. The minimum Gasteiger partial charge on any atom is -0.393 e. The maximum Gasteiger partial charge on any atom is 0.230 e. The number of carbonyl (C=O) groups excluding carboxylic acids is 1. The van der Waals surface area contributed by atoms with E-state index in [1.165, 1.54) is 6.42 Å². The van der Waals surface area contributed by atoms with Gasteiger partial charge >= 0.3 is 0 Å². The van der Waals surface area contributed by atoms with Crippen LogP contribution in [0.4, 0.5) is 0 Å². The first kappa shape index (κ1) is 16.0. The van der Waals surface area contributed by atoms with Crippen LogP contribution in [-0.4, -0.2) is 34.6 Å². The highest BCUT2D eigenvalue weighted by Gasteiger charge is 2.29. The number of amides is 1. The lowest BCUT2D eigenvalue weighted by atomic mass is 9.97. The standard InChI is InChI=1S/C18H27NO2/c1-14(20)13-17-11-7-4-8-12-19(17)18(21)15(2)16-9-5-3-6-10-16/h3,5-6,9-10,14-15,17,20H,4,7-8,11-13H2,1-2H3. The Morgan fingerprint density at radius 1 is 1.24 bits per heavy atom. The molecule has 1 fully saturated rings. The molecule has 1 aliphatic rings. The third kappa shape index (κ3) is 4.31. The summed E-state index contributed by atoms with van der Waals surface area (Å²) < 4.78 is 0. The molecule has 3 unspecified atom stereocenters. The van der Waals surface area contributed by atoms with Gasteiger partial charge in [0.05, 0.1) is 12.0 Å². The predicted octanol–water partition coefficient (Wildman–Crippen LogP) is 3.33. The molecule has 0 bridgehead atoms. The van der Waals surface area contributed by atoms with Gasteiger partial charge in [-0.1, -0.05) is 43.2 Å². The average molecular weight is 289 g/mol. The molecule has 0 aliphatic carbocycles. The van der Waals surface area contributed by atoms with Crippen molar-refractivity contribution in [3.05, 3.63) is 35.9 Å². The van der Waals surface area contributed by atoms with Crippen LogP contribution in [0.15, 0.2) is 30.3 Å². The molecule has 1 aromatic rings. The van der Waals surface area contributed by atoms with Crippen LogP contribution in [0.1, 0.15) is 57.4 Å². The molecule has 0 aromatic heterocycles. The number of nitrogens with zero attached hydrogens (tertiary/aromatic N) is 1. The summed E-state index contributed by atoms with van der Waals surface area (Å²) >= 11 is 0. The second kappa shape index (κ2) is 7.60. The zero-order valence-electron chi connectivity index (χ0n) is 13.2. The minimum absolute atomic E-state index is 0.110. The average Bonchev–Trinajstić information content (AvgIpc) is 2.71. The van der Waals surface area contributed by atoms with Crippen LogP contribution in [0, 0.1) is 0 Å². The van der Waals surface area contributed by atoms with Gasteiger partial charge in [-0.3, -0.25) is 4.79 Å². The van der Waals surface area contributed by atoms with E-state index in [4.69, 9.17) is 0 Å². The summed E-state index contributed by atoms with van der Waals surface area (Å²) in [4.78, 5) is 14.9. The van der Waals surface area contributed by atoms with Crippen LogP contribution in [0.25, 0.3) is 0 Å². The number of hydrogen-bond donors (Lipinski definition) is 1. The van der Waals surface area contributed by atoms with E-state index in [0.717, 1.165) is 31.4 Å². The number of rotatable bonds is 4. The molecule has 1 aromatic carbocycles. The van der Waals surface area contributed by atoms with Gasteiger partial charge in [0.1, 0.15) is 0 Å². The van der Waals surface area contributed by atoms with Crippen LogP contribution in [0.5, 0.6) is 0 Å². The van der Waals surface area contributed by atoms with Crippen molar-refractivity contribution in [2.24, 2.45) is 0 Å². The molecule has 1 aliphatic heterocycles. The van der Waals surface area contributed by atoms with Crippen LogP contribution in [0.2, 0.25) is 0 Å². The molecule has 3 heteroatoms. The smallest absolute Gasteiger partial charge is 0.230 e. The van der Waals surface area contributed by atoms with Gasteiger partial charge in [0, 0.05) is 12.6 Å². The van der Waals surface area contributed by atoms with Crippen LogP contribution >= 0.6 is 0 Å². The monoisotopic (exact) mass is 289 g/mol. The van der Waals surface area contributed by atoms with Gasteiger partial charge in [0.15, 0.2) is 0 Å². The Morgan fingerprint density at radius 3 is 2.62 bits per heavy atom. The van der Waals surface area contributed by atoms with Crippen molar-refractivity contribution >= 4 is 5.91 Å². The molecule has 1 N–H and O–H groups in total. The largest absolute Gasteiger partial charge is 0.393 e. The Kier molecular flexibility index (Phi) is 5.80. The van der Waals surface area contributed by atoms with E-state index in [9.17, 15) is 9.90 Å². The molecule has 3 nitrogen and oxygen atoms in total. The second-order valence-electron chi connectivity index (χ2n) is 6.25. The van der Waals surface area contributed by atoms with Crippen LogP contribution in [0.3, 0.4) is 0 Å². The Labute approximate surface area is 128 Å². The fraction of sp³-hybridized carbons (Fsp3) is 0.611. The number of benzene rings is 1. The number of hydrogen-bond acceptors (Lipinski definition) is 2. The molecular weight excluding hydrogens is 262 g/mol. The molecule has 0 spiro atoms. The van der Waals surface area contributed by atoms with Crippen molar-refractivity contribution < 1.29 is 9.90 Å². The first-order valence-electron chi connectivity index (χ1n) is 8.13. The summed E-state index contributed by atoms with van der Waals surface area (Å²) in [6, 6.07) is 10.2. The van der Waals surface area contributed by atoms with Crippen molar-refractivity contribution in [2.45, 2.75) is 64.0 Å². The summed E-state index contributed by atoms with van der Waals surface area (Å²) in [7, 11) is 0. The lowest BCUT2D eigenvalue weighted by molar-refractivity contribution is -0.135. The Bertz CT molecular complexity index is 444. The van der Waals surface area contributed by atoms with Gasteiger partial charge in [0.25, 0.3) is 0 Å². The molecule has 0 saturated carbocycles. The molecule has 1 heterocycles. The maximum atomic E-state index is 12.9. The molecule has 21 heavy (non-hydrogen) atoms. The number of aliphatic hydroxyl groups excluding tert-OH is 1. The molecule has 1 saturated heterocycles. The molecule has 2 rings (SSSR count). The normalized spacial score (nSPS) is 22.4. The number of carbonyl (C=O) groups is 1. The summed E-state index contributed by atoms with van der Waals surface area (Å²) in [6.07, 6.45) is 4.76. The van der Waals surface area contributed by atoms with E-state index in [1.54, 1.807) is 0 Å². The van der Waals surface area contributed by atoms with Gasteiger partial charge in [0.2, 0.25) is 5.91 Å². The van der Waals surface area contributed by atoms with Crippen molar-refractivity contribution in [3.63, 3.8) is 0 Å². The van der Waals surface area contributed by atoms with Crippen molar-refractivity contribution in [3.8, 4) is 0 Å². The quantitative estimate of drug-likeness (QED) is 0.923. The summed E-state index contributed by atoms with van der Waals surface area (Å²) in [5.41, 5.74) is 1.07. The topological polar surface area (TPSA) is 40.5 Å². The lowest BCUT2D eigenvalue weighted by Gasteiger charge is -2.33. The third-order valence-corrected chi connectivity index (χ3v) is 4.44. The lowest BCUT2D eigenvalue weighted by Crippen LogP contribution is -2.43. The molecule has 1 amide bonds. The summed E-state index contributed by atoms with van der Waals surface area (Å²) in [5.74, 6) is 0.0922. The molecule has 3 atom stereocenters. The van der Waals surface area contributed by atoms with E-state index in [2.05, 4.69) is 0 Å². The van der Waals surface area contributed by atoms with Crippen LogP contribution in [-0.2, 0) is 4.79 Å². The SMILES string of the molecule is CC(O)CC1CCCCCN1C(=O)C(C)c1ccccc1. The van der Waals surface area contributed by atoms with E-state index < -0.39 is 0 Å². The van der Waals surface area contributed by atoms with Crippen molar-refractivity contribution in [1.29, 1.82) is 0 Å². The highest BCUT2D eigenvalue weighted by molar-refractivity contribution is 5.83. The van der Waals surface area contributed by atoms with Gasteiger partial charge < -0.3 is 10.0 Å². The second-order valence-corrected chi connectivity index (χ2v) is 6.25. The van der Waals surface area contributed by atoms with Gasteiger partial charge in [-0.2, -0.15) is 0 Å². The fourth-order valence-electron chi connectivity index (χ4n) is 3.24. The van der Waals surface area contributed by atoms with Crippen molar-refractivity contribution in [2.75, 3.05) is 6.54 Å².